The van der Waals surface area contributed by atoms with Gasteiger partial charge >= 0.3 is 5.97 Å². The zero-order valence-corrected chi connectivity index (χ0v) is 10.3. The van der Waals surface area contributed by atoms with E-state index in [0.29, 0.717) is 0 Å². The lowest BCUT2D eigenvalue weighted by Crippen LogP contribution is -2.43. The van der Waals surface area contributed by atoms with Gasteiger partial charge in [-0.1, -0.05) is 0 Å². The van der Waals surface area contributed by atoms with Crippen LogP contribution in [0.4, 0.5) is 13.2 Å². The lowest BCUT2D eigenvalue weighted by atomic mass is 10.1. The summed E-state index contributed by atoms with van der Waals surface area (Å²) in [5.41, 5.74) is 0.0808. The van der Waals surface area contributed by atoms with Crippen molar-refractivity contribution < 1.29 is 27.9 Å². The first-order valence-electron chi connectivity index (χ1n) is 5.98. The van der Waals surface area contributed by atoms with Gasteiger partial charge in [0.1, 0.15) is 18.3 Å². The molecule has 1 aliphatic rings. The van der Waals surface area contributed by atoms with Gasteiger partial charge in [-0.15, -0.1) is 0 Å². The van der Waals surface area contributed by atoms with Crippen molar-refractivity contribution in [3.05, 3.63) is 35.4 Å². The van der Waals surface area contributed by atoms with Crippen LogP contribution in [0.3, 0.4) is 0 Å². The number of alkyl halides is 1. The molecule has 1 saturated carbocycles. The first-order chi connectivity index (χ1) is 9.43. The maximum atomic E-state index is 13.5. The molecule has 2 rings (SSSR count). The number of nitrogens with one attached hydrogen (secondary N) is 1. The summed E-state index contributed by atoms with van der Waals surface area (Å²) in [5.74, 6) is -4.52. The molecule has 4 nitrogen and oxygen atoms in total. The van der Waals surface area contributed by atoms with E-state index in [4.69, 9.17) is 5.11 Å². The molecule has 0 bridgehead atoms. The number of hydrogen-bond acceptors (Lipinski definition) is 2. The maximum Gasteiger partial charge on any atom is 0.328 e. The summed E-state index contributed by atoms with van der Waals surface area (Å²) in [5, 5.41) is 10.7. The van der Waals surface area contributed by atoms with Gasteiger partial charge < -0.3 is 10.4 Å². The Bertz CT molecular complexity index is 550. The monoisotopic (exact) mass is 287 g/mol. The van der Waals surface area contributed by atoms with Crippen molar-refractivity contribution in [1.29, 1.82) is 0 Å². The Morgan fingerprint density at radius 1 is 1.40 bits per heavy atom. The van der Waals surface area contributed by atoms with E-state index in [-0.39, 0.29) is 12.0 Å². The highest BCUT2D eigenvalue weighted by Crippen LogP contribution is 2.48. The van der Waals surface area contributed by atoms with Crippen molar-refractivity contribution in [3.63, 3.8) is 0 Å². The largest absolute Gasteiger partial charge is 0.480 e. The average molecular weight is 287 g/mol. The average Bonchev–Trinajstić information content (AvgIpc) is 3.18. The van der Waals surface area contributed by atoms with Crippen molar-refractivity contribution in [1.82, 2.24) is 5.32 Å². The molecule has 1 amide bonds. The summed E-state index contributed by atoms with van der Waals surface area (Å²) in [7, 11) is 0. The van der Waals surface area contributed by atoms with Crippen LogP contribution in [0, 0.1) is 17.6 Å². The van der Waals surface area contributed by atoms with E-state index in [1.54, 1.807) is 0 Å². The summed E-state index contributed by atoms with van der Waals surface area (Å²) < 4.78 is 38.9. The van der Waals surface area contributed by atoms with Crippen LogP contribution < -0.4 is 5.32 Å². The number of hydrogen-bond donors (Lipinski definition) is 2. The molecule has 3 unspecified atom stereocenters. The lowest BCUT2D eigenvalue weighted by molar-refractivity contribution is -0.142. The van der Waals surface area contributed by atoms with E-state index in [2.05, 4.69) is 0 Å². The van der Waals surface area contributed by atoms with Gasteiger partial charge in [-0.05, 0) is 36.1 Å². The number of halogens is 3. The Hall–Kier alpha value is -2.05. The van der Waals surface area contributed by atoms with Gasteiger partial charge in [-0.3, -0.25) is 4.79 Å². The molecule has 0 aromatic heterocycles. The van der Waals surface area contributed by atoms with Gasteiger partial charge in [-0.25, -0.2) is 18.0 Å². The van der Waals surface area contributed by atoms with Crippen LogP contribution in [0.25, 0.3) is 0 Å². The van der Waals surface area contributed by atoms with Crippen LogP contribution in [0.5, 0.6) is 0 Å². The number of carbonyl (C=O) groups is 2. The number of rotatable bonds is 5. The van der Waals surface area contributed by atoms with Crippen molar-refractivity contribution in [2.24, 2.45) is 5.92 Å². The van der Waals surface area contributed by atoms with E-state index in [1.165, 1.54) is 0 Å². The molecule has 3 atom stereocenters. The van der Waals surface area contributed by atoms with Crippen molar-refractivity contribution in [2.75, 3.05) is 6.67 Å². The predicted octanol–water partition coefficient (Wildman–Crippen LogP) is 1.61. The van der Waals surface area contributed by atoms with Gasteiger partial charge in [0.05, 0.1) is 0 Å². The first kappa shape index (κ1) is 14.4. The fourth-order valence-electron chi connectivity index (χ4n) is 2.07. The van der Waals surface area contributed by atoms with Crippen molar-refractivity contribution in [2.45, 2.75) is 18.4 Å². The minimum absolute atomic E-state index is 0.0808. The van der Waals surface area contributed by atoms with Gasteiger partial charge in [0.25, 0.3) is 0 Å². The molecule has 108 valence electrons. The standard InChI is InChI=1S/C13H12F3NO3/c14-5-11(13(19)20)17-12(18)9-4-7(9)8-3-6(15)1-2-10(8)16/h1-3,7,9,11H,4-5H2,(H,17,18)(H,19,20). The van der Waals surface area contributed by atoms with Crippen LogP contribution in [0.2, 0.25) is 0 Å². The molecule has 0 spiro atoms. The number of amides is 1. The second-order valence-electron chi connectivity index (χ2n) is 4.67. The second kappa shape index (κ2) is 5.52. The Labute approximate surface area is 112 Å². The van der Waals surface area contributed by atoms with Crippen LogP contribution >= 0.6 is 0 Å². The second-order valence-corrected chi connectivity index (χ2v) is 4.67. The van der Waals surface area contributed by atoms with E-state index < -0.39 is 48.1 Å². The molecule has 2 N–H and O–H groups in total. The highest BCUT2D eigenvalue weighted by Gasteiger charge is 2.46. The summed E-state index contributed by atoms with van der Waals surface area (Å²) in [6.07, 6.45) is 0.283. The first-order valence-corrected chi connectivity index (χ1v) is 5.98. The molecule has 0 aliphatic heterocycles. The number of carboxylic acid groups (broad SMARTS) is 1. The summed E-state index contributed by atoms with van der Waals surface area (Å²) >= 11 is 0. The third-order valence-corrected chi connectivity index (χ3v) is 3.25. The van der Waals surface area contributed by atoms with Crippen LogP contribution in [-0.4, -0.2) is 29.7 Å². The van der Waals surface area contributed by atoms with Gasteiger partial charge in [-0.2, -0.15) is 0 Å². The fraction of sp³-hybridized carbons (Fsp3) is 0.385. The normalized spacial score (nSPS) is 22.1. The Kier molecular flexibility index (Phi) is 3.96. The summed E-state index contributed by atoms with van der Waals surface area (Å²) in [4.78, 5) is 22.3. The summed E-state index contributed by atoms with van der Waals surface area (Å²) in [6.45, 7) is -1.23. The van der Waals surface area contributed by atoms with Crippen LogP contribution in [0.15, 0.2) is 18.2 Å². The van der Waals surface area contributed by atoms with E-state index in [9.17, 15) is 22.8 Å². The minimum Gasteiger partial charge on any atom is -0.480 e. The molecule has 0 saturated heterocycles. The quantitative estimate of drug-likeness (QED) is 0.864. The van der Waals surface area contributed by atoms with Gasteiger partial charge in [0.2, 0.25) is 5.91 Å². The third kappa shape index (κ3) is 2.92. The minimum atomic E-state index is -1.61. The molecule has 1 aliphatic carbocycles. The SMILES string of the molecule is O=C(O)C(CF)NC(=O)C1CC1c1cc(F)ccc1F. The van der Waals surface area contributed by atoms with E-state index >= 15 is 0 Å². The van der Waals surface area contributed by atoms with Gasteiger partial charge in [0, 0.05) is 5.92 Å². The molecule has 1 aromatic rings. The molecule has 1 fully saturated rings. The highest BCUT2D eigenvalue weighted by molar-refractivity contribution is 5.87. The van der Waals surface area contributed by atoms with Crippen LogP contribution in [0.1, 0.15) is 17.9 Å². The Morgan fingerprint density at radius 3 is 2.70 bits per heavy atom. The predicted molar refractivity (Wildman–Crippen MR) is 62.7 cm³/mol. The smallest absolute Gasteiger partial charge is 0.328 e. The van der Waals surface area contributed by atoms with Crippen molar-refractivity contribution >= 4 is 11.9 Å². The number of carboxylic acids is 1. The van der Waals surface area contributed by atoms with Gasteiger partial charge in [0.15, 0.2) is 6.04 Å². The molecule has 1 aromatic carbocycles. The fourth-order valence-corrected chi connectivity index (χ4v) is 2.07. The molecule has 0 radical (unpaired) electrons. The number of benzene rings is 1. The molecule has 0 heterocycles. The summed E-state index contributed by atoms with van der Waals surface area (Å²) in [6, 6.07) is 1.34. The van der Waals surface area contributed by atoms with Crippen LogP contribution in [-0.2, 0) is 9.59 Å². The molecule has 7 heteroatoms. The third-order valence-electron chi connectivity index (χ3n) is 3.25. The van der Waals surface area contributed by atoms with Crippen molar-refractivity contribution in [3.8, 4) is 0 Å². The topological polar surface area (TPSA) is 66.4 Å². The number of carbonyl (C=O) groups excluding carboxylic acids is 1. The number of aliphatic carboxylic acids is 1. The zero-order valence-electron chi connectivity index (χ0n) is 10.3. The Morgan fingerprint density at radius 2 is 2.10 bits per heavy atom. The lowest BCUT2D eigenvalue weighted by Gasteiger charge is -2.10. The van der Waals surface area contributed by atoms with E-state index in [0.717, 1.165) is 18.2 Å². The highest BCUT2D eigenvalue weighted by atomic mass is 19.1. The Balaban J connectivity index is 2.02. The zero-order chi connectivity index (χ0) is 14.9. The molecular formula is C13H12F3NO3. The molecular weight excluding hydrogens is 275 g/mol. The molecule has 20 heavy (non-hydrogen) atoms. The van der Waals surface area contributed by atoms with E-state index in [1.807, 2.05) is 5.32 Å². The maximum absolute atomic E-state index is 13.5.